The molecular weight excluding hydrogens is 454 g/mol. The Balaban J connectivity index is 1.47. The molecule has 8 heteroatoms. The molecule has 2 atom stereocenters. The van der Waals surface area contributed by atoms with E-state index in [0.717, 1.165) is 10.5 Å². The van der Waals surface area contributed by atoms with E-state index in [-0.39, 0.29) is 6.61 Å². The second-order valence-corrected chi connectivity index (χ2v) is 8.80. The van der Waals surface area contributed by atoms with Crippen LogP contribution in [0, 0.1) is 0 Å². The zero-order valence-corrected chi connectivity index (χ0v) is 19.2. The lowest BCUT2D eigenvalue weighted by Crippen LogP contribution is -2.48. The third-order valence-corrected chi connectivity index (χ3v) is 6.60. The van der Waals surface area contributed by atoms with Crippen LogP contribution in [0.1, 0.15) is 24.1 Å². The van der Waals surface area contributed by atoms with Crippen molar-refractivity contribution in [2.45, 2.75) is 18.5 Å². The van der Waals surface area contributed by atoms with Gasteiger partial charge >= 0.3 is 6.03 Å². The van der Waals surface area contributed by atoms with Crippen LogP contribution in [-0.2, 0) is 15.1 Å². The number of amides is 4. The van der Waals surface area contributed by atoms with E-state index in [1.54, 1.807) is 48.2 Å². The molecule has 0 aromatic heterocycles. The molecule has 3 aromatic rings. The minimum Gasteiger partial charge on any atom is -0.489 e. The van der Waals surface area contributed by atoms with Crippen molar-refractivity contribution in [3.8, 4) is 5.75 Å². The van der Waals surface area contributed by atoms with E-state index in [2.05, 4.69) is 5.32 Å². The predicted molar refractivity (Wildman–Crippen MR) is 128 cm³/mol. The number of ether oxygens (including phenoxy) is 1. The molecule has 1 saturated heterocycles. The third kappa shape index (κ3) is 3.58. The molecule has 2 aliphatic rings. The summed E-state index contributed by atoms with van der Waals surface area (Å²) in [6, 6.07) is 22.6. The molecule has 0 unspecified atom stereocenters. The van der Waals surface area contributed by atoms with E-state index >= 15 is 0 Å². The Hall–Kier alpha value is -3.84. The quantitative estimate of drug-likeness (QED) is 0.571. The Morgan fingerprint density at radius 2 is 1.71 bits per heavy atom. The number of rotatable bonds is 4. The van der Waals surface area contributed by atoms with Gasteiger partial charge in [0.05, 0.1) is 11.7 Å². The summed E-state index contributed by atoms with van der Waals surface area (Å²) in [4.78, 5) is 42.5. The summed E-state index contributed by atoms with van der Waals surface area (Å²) in [6.45, 7) is 1.43. The van der Waals surface area contributed by atoms with Crippen molar-refractivity contribution >= 4 is 35.1 Å². The number of benzene rings is 3. The Bertz CT molecular complexity index is 1280. The van der Waals surface area contributed by atoms with E-state index in [9.17, 15) is 14.4 Å². The number of imide groups is 1. The van der Waals surface area contributed by atoms with Crippen molar-refractivity contribution in [3.05, 3.63) is 95.0 Å². The molecule has 0 bridgehead atoms. The minimum atomic E-state index is -1.36. The van der Waals surface area contributed by atoms with Crippen molar-refractivity contribution in [2.75, 3.05) is 18.1 Å². The molecular formula is C26H22ClN3O4. The maximum Gasteiger partial charge on any atom is 0.325 e. The van der Waals surface area contributed by atoms with Crippen LogP contribution in [0.4, 0.5) is 10.5 Å². The lowest BCUT2D eigenvalue weighted by molar-refractivity contribution is -0.134. The highest BCUT2D eigenvalue weighted by molar-refractivity contribution is 6.32. The highest BCUT2D eigenvalue weighted by atomic mass is 35.5. The fourth-order valence-corrected chi connectivity index (χ4v) is 4.84. The van der Waals surface area contributed by atoms with Gasteiger partial charge in [0, 0.05) is 10.6 Å². The van der Waals surface area contributed by atoms with Crippen LogP contribution in [0.25, 0.3) is 0 Å². The van der Waals surface area contributed by atoms with Crippen molar-refractivity contribution in [2.24, 2.45) is 0 Å². The number of nitrogens with zero attached hydrogens (tertiary/aromatic N) is 2. The second-order valence-electron chi connectivity index (χ2n) is 8.40. The van der Waals surface area contributed by atoms with Gasteiger partial charge in [-0.05, 0) is 30.7 Å². The van der Waals surface area contributed by atoms with Crippen LogP contribution in [0.2, 0.25) is 5.02 Å². The zero-order chi connectivity index (χ0) is 23.9. The molecule has 2 aliphatic heterocycles. The van der Waals surface area contributed by atoms with Crippen molar-refractivity contribution in [1.82, 2.24) is 10.2 Å². The molecule has 0 saturated carbocycles. The Labute approximate surface area is 201 Å². The minimum absolute atomic E-state index is 0.254. The van der Waals surface area contributed by atoms with Gasteiger partial charge in [0.1, 0.15) is 24.4 Å². The van der Waals surface area contributed by atoms with Crippen LogP contribution in [0.3, 0.4) is 0 Å². The van der Waals surface area contributed by atoms with Crippen molar-refractivity contribution in [3.63, 3.8) is 0 Å². The number of anilines is 1. The summed E-state index contributed by atoms with van der Waals surface area (Å²) < 4.78 is 5.92. The average molecular weight is 476 g/mol. The number of halogens is 1. The molecule has 0 aliphatic carbocycles. The van der Waals surface area contributed by atoms with E-state index in [1.165, 1.54) is 0 Å². The standard InChI is InChI=1S/C26H22ClN3O4/c1-26(18-11-5-6-12-19(18)27)24(32)29(25(33)28-26)15-23(31)30-20-13-7-8-14-22(20)34-16-21(30)17-9-3-2-4-10-17/h2-14,21H,15-16H2,1H3,(H,28,33)/t21-,26+/m0/s1. The molecule has 1 N–H and O–H groups in total. The Kier molecular flexibility index (Phi) is 5.49. The number of hydrogen-bond donors (Lipinski definition) is 1. The molecule has 5 rings (SSSR count). The first-order valence-corrected chi connectivity index (χ1v) is 11.3. The average Bonchev–Trinajstić information content (AvgIpc) is 3.07. The lowest BCUT2D eigenvalue weighted by atomic mass is 9.92. The van der Waals surface area contributed by atoms with Gasteiger partial charge < -0.3 is 10.1 Å². The molecule has 34 heavy (non-hydrogen) atoms. The highest BCUT2D eigenvalue weighted by Crippen LogP contribution is 2.40. The van der Waals surface area contributed by atoms with Gasteiger partial charge in [-0.15, -0.1) is 0 Å². The Morgan fingerprint density at radius 3 is 2.47 bits per heavy atom. The first kappa shape index (κ1) is 22.0. The number of urea groups is 1. The summed E-state index contributed by atoms with van der Waals surface area (Å²) >= 11 is 6.31. The van der Waals surface area contributed by atoms with Crippen LogP contribution in [0.15, 0.2) is 78.9 Å². The molecule has 172 valence electrons. The van der Waals surface area contributed by atoms with E-state index in [1.807, 2.05) is 42.5 Å². The SMILES string of the molecule is C[C@]1(c2ccccc2Cl)NC(=O)N(CC(=O)N2c3ccccc3OC[C@H]2c2ccccc2)C1=O. The molecule has 0 radical (unpaired) electrons. The zero-order valence-electron chi connectivity index (χ0n) is 18.4. The van der Waals surface area contributed by atoms with Crippen molar-refractivity contribution in [1.29, 1.82) is 0 Å². The first-order valence-electron chi connectivity index (χ1n) is 10.9. The first-order chi connectivity index (χ1) is 16.4. The molecule has 2 heterocycles. The summed E-state index contributed by atoms with van der Waals surface area (Å²) in [5, 5.41) is 3.07. The van der Waals surface area contributed by atoms with E-state index in [4.69, 9.17) is 16.3 Å². The van der Waals surface area contributed by atoms with Gasteiger partial charge in [-0.25, -0.2) is 4.79 Å². The van der Waals surface area contributed by atoms with Crippen LogP contribution >= 0.6 is 11.6 Å². The topological polar surface area (TPSA) is 79.0 Å². The molecule has 4 amide bonds. The third-order valence-electron chi connectivity index (χ3n) is 6.27. The monoisotopic (exact) mass is 475 g/mol. The molecule has 1 fully saturated rings. The lowest BCUT2D eigenvalue weighted by Gasteiger charge is -2.37. The van der Waals surface area contributed by atoms with Crippen LogP contribution in [0.5, 0.6) is 5.75 Å². The number of fused-ring (bicyclic) bond motifs is 1. The van der Waals surface area contributed by atoms with E-state index in [0.29, 0.717) is 22.0 Å². The second kappa shape index (κ2) is 8.50. The summed E-state index contributed by atoms with van der Waals surface area (Å²) in [5.41, 5.74) is 0.595. The summed E-state index contributed by atoms with van der Waals surface area (Å²) in [5.74, 6) is -0.352. The predicted octanol–water partition coefficient (Wildman–Crippen LogP) is 4.27. The number of hydrogen-bond acceptors (Lipinski definition) is 4. The smallest absolute Gasteiger partial charge is 0.325 e. The van der Waals surface area contributed by atoms with Gasteiger partial charge in [0.2, 0.25) is 5.91 Å². The summed E-state index contributed by atoms with van der Waals surface area (Å²) in [7, 11) is 0. The van der Waals surface area contributed by atoms with Gasteiger partial charge in [-0.3, -0.25) is 19.4 Å². The van der Waals surface area contributed by atoms with Gasteiger partial charge in [-0.2, -0.15) is 0 Å². The molecule has 0 spiro atoms. The maximum absolute atomic E-state index is 13.7. The van der Waals surface area contributed by atoms with Crippen LogP contribution < -0.4 is 15.0 Å². The Morgan fingerprint density at radius 1 is 1.03 bits per heavy atom. The fraction of sp³-hybridized carbons (Fsp3) is 0.192. The van der Waals surface area contributed by atoms with Gasteiger partial charge in [0.25, 0.3) is 5.91 Å². The normalized spacial score (nSPS) is 21.6. The number of para-hydroxylation sites is 2. The highest BCUT2D eigenvalue weighted by Gasteiger charge is 2.51. The van der Waals surface area contributed by atoms with Gasteiger partial charge in [0.15, 0.2) is 0 Å². The van der Waals surface area contributed by atoms with Crippen molar-refractivity contribution < 1.29 is 19.1 Å². The number of carbonyl (C=O) groups is 3. The number of carbonyl (C=O) groups excluding carboxylic acids is 3. The van der Waals surface area contributed by atoms with E-state index < -0.39 is 36.0 Å². The van der Waals surface area contributed by atoms with Crippen LogP contribution in [-0.4, -0.2) is 35.9 Å². The summed E-state index contributed by atoms with van der Waals surface area (Å²) in [6.07, 6.45) is 0. The maximum atomic E-state index is 13.7. The largest absolute Gasteiger partial charge is 0.489 e. The number of nitrogens with one attached hydrogen (secondary N) is 1. The fourth-order valence-electron chi connectivity index (χ4n) is 4.52. The molecule has 3 aromatic carbocycles. The van der Waals surface area contributed by atoms with Gasteiger partial charge in [-0.1, -0.05) is 72.3 Å². The molecule has 7 nitrogen and oxygen atoms in total.